The van der Waals surface area contributed by atoms with E-state index in [1.54, 1.807) is 31.2 Å². The molecule has 0 aliphatic heterocycles. The molecule has 0 heterocycles. The second kappa shape index (κ2) is 8.61. The van der Waals surface area contributed by atoms with Crippen LogP contribution in [0.5, 0.6) is 0 Å². The van der Waals surface area contributed by atoms with Gasteiger partial charge in [-0.15, -0.1) is 0 Å². The molecule has 0 fully saturated rings. The first-order valence-electron chi connectivity index (χ1n) is 7.80. The van der Waals surface area contributed by atoms with E-state index in [9.17, 15) is 19.7 Å². The van der Waals surface area contributed by atoms with Gasteiger partial charge in [0.25, 0.3) is 5.69 Å². The molecule has 0 aromatic heterocycles. The summed E-state index contributed by atoms with van der Waals surface area (Å²) >= 11 is 0. The molecular formula is C18H18N2O6. The number of nitro groups is 1. The molecule has 0 saturated heterocycles. The number of alkyl carbamates (subject to hydrolysis) is 1. The Balaban J connectivity index is 2.14. The number of hydrogen-bond donors (Lipinski definition) is 2. The zero-order valence-electron chi connectivity index (χ0n) is 14.0. The number of carbonyl (C=O) groups is 2. The molecule has 0 bridgehead atoms. The molecule has 2 aromatic carbocycles. The standard InChI is InChI=1S/C18H18N2O6/c1-12-7-8-14(20(24)25)9-15(12)16(10-17(21)22)19-18(23)26-11-13-5-3-2-4-6-13/h2-9,16H,10-11H2,1H3,(H,19,23)(H,21,22). The molecule has 2 N–H and O–H groups in total. The number of carboxylic acids is 1. The summed E-state index contributed by atoms with van der Waals surface area (Å²) in [5.41, 5.74) is 1.59. The van der Waals surface area contributed by atoms with Gasteiger partial charge in [0.2, 0.25) is 0 Å². The second-order valence-corrected chi connectivity index (χ2v) is 5.65. The lowest BCUT2D eigenvalue weighted by atomic mass is 9.98. The van der Waals surface area contributed by atoms with Gasteiger partial charge in [-0.3, -0.25) is 14.9 Å². The Morgan fingerprint density at radius 1 is 1.23 bits per heavy atom. The number of non-ortho nitro benzene ring substituents is 1. The third-order valence-electron chi connectivity index (χ3n) is 3.73. The van der Waals surface area contributed by atoms with Crippen molar-refractivity contribution >= 4 is 17.7 Å². The van der Waals surface area contributed by atoms with Gasteiger partial charge >= 0.3 is 12.1 Å². The van der Waals surface area contributed by atoms with E-state index >= 15 is 0 Å². The van der Waals surface area contributed by atoms with Gasteiger partial charge in [-0.1, -0.05) is 36.4 Å². The highest BCUT2D eigenvalue weighted by Gasteiger charge is 2.22. The molecular weight excluding hydrogens is 340 g/mol. The third kappa shape index (κ3) is 5.30. The molecule has 1 amide bonds. The zero-order chi connectivity index (χ0) is 19.1. The Bertz CT molecular complexity index is 807. The van der Waals surface area contributed by atoms with Crippen LogP contribution in [0.2, 0.25) is 0 Å². The van der Waals surface area contributed by atoms with Crippen molar-refractivity contribution in [3.05, 3.63) is 75.3 Å². The van der Waals surface area contributed by atoms with Crippen molar-refractivity contribution in [2.24, 2.45) is 0 Å². The molecule has 0 aliphatic carbocycles. The van der Waals surface area contributed by atoms with Crippen LogP contribution in [0, 0.1) is 17.0 Å². The molecule has 1 atom stereocenters. The molecule has 1 unspecified atom stereocenters. The van der Waals surface area contributed by atoms with E-state index < -0.39 is 29.4 Å². The van der Waals surface area contributed by atoms with Crippen LogP contribution in [-0.2, 0) is 16.1 Å². The SMILES string of the molecule is Cc1ccc([N+](=O)[O-])cc1C(CC(=O)O)NC(=O)OCc1ccccc1. The Morgan fingerprint density at radius 2 is 1.92 bits per heavy atom. The molecule has 8 nitrogen and oxygen atoms in total. The van der Waals surface area contributed by atoms with E-state index in [0.717, 1.165) is 5.56 Å². The number of amides is 1. The number of carbonyl (C=O) groups excluding carboxylic acids is 1. The van der Waals surface area contributed by atoms with Gasteiger partial charge in [-0.05, 0) is 23.6 Å². The van der Waals surface area contributed by atoms with Crippen molar-refractivity contribution in [1.82, 2.24) is 5.32 Å². The highest BCUT2D eigenvalue weighted by Crippen LogP contribution is 2.25. The molecule has 0 saturated carbocycles. The summed E-state index contributed by atoms with van der Waals surface area (Å²) in [6, 6.07) is 12.2. The number of ether oxygens (including phenoxy) is 1. The fraction of sp³-hybridized carbons (Fsp3) is 0.222. The maximum atomic E-state index is 12.1. The quantitative estimate of drug-likeness (QED) is 0.579. The van der Waals surface area contributed by atoms with Gasteiger partial charge in [-0.25, -0.2) is 4.79 Å². The molecule has 2 aromatic rings. The van der Waals surface area contributed by atoms with Gasteiger partial charge in [0.15, 0.2) is 0 Å². The minimum Gasteiger partial charge on any atom is -0.481 e. The summed E-state index contributed by atoms with van der Waals surface area (Å²) in [6.45, 7) is 1.71. The van der Waals surface area contributed by atoms with Crippen molar-refractivity contribution in [3.63, 3.8) is 0 Å². The van der Waals surface area contributed by atoms with E-state index in [0.29, 0.717) is 11.1 Å². The van der Waals surface area contributed by atoms with E-state index in [4.69, 9.17) is 9.84 Å². The van der Waals surface area contributed by atoms with Crippen LogP contribution >= 0.6 is 0 Å². The molecule has 0 spiro atoms. The van der Waals surface area contributed by atoms with Crippen molar-refractivity contribution in [3.8, 4) is 0 Å². The van der Waals surface area contributed by atoms with Crippen LogP contribution in [0.1, 0.15) is 29.2 Å². The fourth-order valence-electron chi connectivity index (χ4n) is 2.44. The number of nitrogens with zero attached hydrogens (tertiary/aromatic N) is 1. The number of benzene rings is 2. The number of nitrogens with one attached hydrogen (secondary N) is 1. The van der Waals surface area contributed by atoms with Gasteiger partial charge < -0.3 is 15.2 Å². The largest absolute Gasteiger partial charge is 0.481 e. The Hall–Kier alpha value is -3.42. The minimum absolute atomic E-state index is 0.0282. The minimum atomic E-state index is -1.15. The first-order chi connectivity index (χ1) is 12.4. The normalized spacial score (nSPS) is 11.4. The molecule has 8 heteroatoms. The molecule has 136 valence electrons. The number of carboxylic acid groups (broad SMARTS) is 1. The lowest BCUT2D eigenvalue weighted by Crippen LogP contribution is -2.31. The van der Waals surface area contributed by atoms with Crippen molar-refractivity contribution in [2.75, 3.05) is 0 Å². The second-order valence-electron chi connectivity index (χ2n) is 5.65. The van der Waals surface area contributed by atoms with E-state index in [-0.39, 0.29) is 12.3 Å². The number of aryl methyl sites for hydroxylation is 1. The molecule has 0 radical (unpaired) electrons. The van der Waals surface area contributed by atoms with Crippen molar-refractivity contribution in [1.29, 1.82) is 0 Å². The van der Waals surface area contributed by atoms with Crippen LogP contribution < -0.4 is 5.32 Å². The maximum Gasteiger partial charge on any atom is 0.407 e. The number of nitro benzene ring substituents is 1. The van der Waals surface area contributed by atoms with Crippen LogP contribution in [0.15, 0.2) is 48.5 Å². The smallest absolute Gasteiger partial charge is 0.407 e. The Labute approximate surface area is 149 Å². The van der Waals surface area contributed by atoms with Crippen molar-refractivity contribution < 1.29 is 24.4 Å². The zero-order valence-corrected chi connectivity index (χ0v) is 14.0. The van der Waals surface area contributed by atoms with Crippen molar-refractivity contribution in [2.45, 2.75) is 26.0 Å². The summed E-state index contributed by atoms with van der Waals surface area (Å²) < 4.78 is 5.10. The van der Waals surface area contributed by atoms with E-state index in [1.807, 2.05) is 6.07 Å². The summed E-state index contributed by atoms with van der Waals surface area (Å²) in [5.74, 6) is -1.15. The lowest BCUT2D eigenvalue weighted by Gasteiger charge is -2.19. The number of hydrogen-bond acceptors (Lipinski definition) is 5. The van der Waals surface area contributed by atoms with Crippen LogP contribution in [0.3, 0.4) is 0 Å². The lowest BCUT2D eigenvalue weighted by molar-refractivity contribution is -0.385. The first-order valence-corrected chi connectivity index (χ1v) is 7.80. The topological polar surface area (TPSA) is 119 Å². The summed E-state index contributed by atoms with van der Waals surface area (Å²) in [7, 11) is 0. The van der Waals surface area contributed by atoms with Crippen LogP contribution in [0.4, 0.5) is 10.5 Å². The molecule has 0 aliphatic rings. The third-order valence-corrected chi connectivity index (χ3v) is 3.73. The molecule has 26 heavy (non-hydrogen) atoms. The average Bonchev–Trinajstić information content (AvgIpc) is 2.60. The van der Waals surface area contributed by atoms with Gasteiger partial charge in [0, 0.05) is 12.1 Å². The van der Waals surface area contributed by atoms with Gasteiger partial charge in [0.1, 0.15) is 6.61 Å². The number of rotatable bonds is 7. The Morgan fingerprint density at radius 3 is 2.54 bits per heavy atom. The van der Waals surface area contributed by atoms with E-state index in [1.165, 1.54) is 18.2 Å². The Kier molecular flexibility index (Phi) is 6.26. The van der Waals surface area contributed by atoms with Gasteiger partial charge in [-0.2, -0.15) is 0 Å². The summed E-state index contributed by atoms with van der Waals surface area (Å²) in [4.78, 5) is 33.6. The number of aliphatic carboxylic acids is 1. The van der Waals surface area contributed by atoms with Gasteiger partial charge in [0.05, 0.1) is 17.4 Å². The molecule has 2 rings (SSSR count). The monoisotopic (exact) mass is 358 g/mol. The highest BCUT2D eigenvalue weighted by atomic mass is 16.6. The van der Waals surface area contributed by atoms with E-state index in [2.05, 4.69) is 5.32 Å². The van der Waals surface area contributed by atoms with Crippen LogP contribution in [0.25, 0.3) is 0 Å². The predicted molar refractivity (Wildman–Crippen MR) is 92.6 cm³/mol. The average molecular weight is 358 g/mol. The predicted octanol–water partition coefficient (Wildman–Crippen LogP) is 3.35. The maximum absolute atomic E-state index is 12.1. The fourth-order valence-corrected chi connectivity index (χ4v) is 2.44. The first kappa shape index (κ1) is 18.9. The van der Waals surface area contributed by atoms with Crippen LogP contribution in [-0.4, -0.2) is 22.1 Å². The highest BCUT2D eigenvalue weighted by molar-refractivity contribution is 5.72. The summed E-state index contributed by atoms with van der Waals surface area (Å²) in [6.07, 6.45) is -1.23. The summed E-state index contributed by atoms with van der Waals surface area (Å²) in [5, 5.41) is 22.6.